The summed E-state index contributed by atoms with van der Waals surface area (Å²) in [6, 6.07) is 10.8. The molecule has 0 spiro atoms. The molecule has 0 aliphatic rings. The highest BCUT2D eigenvalue weighted by atomic mass is 32.2. The topological polar surface area (TPSA) is 166 Å². The zero-order valence-electron chi connectivity index (χ0n) is 16.3. The zero-order chi connectivity index (χ0) is 22.8. The summed E-state index contributed by atoms with van der Waals surface area (Å²) in [5, 5.41) is 18.6. The molecule has 0 aliphatic carbocycles. The second-order valence-electron chi connectivity index (χ2n) is 6.42. The van der Waals surface area contributed by atoms with E-state index in [-0.39, 0.29) is 21.8 Å². The van der Waals surface area contributed by atoms with Crippen molar-refractivity contribution in [1.29, 1.82) is 0 Å². The summed E-state index contributed by atoms with van der Waals surface area (Å²) in [6.07, 6.45) is 1.05. The number of nitro benzene ring substituents is 1. The molecule has 0 bridgehead atoms. The summed E-state index contributed by atoms with van der Waals surface area (Å²) in [7, 11) is -3.40. The van der Waals surface area contributed by atoms with Gasteiger partial charge in [-0.1, -0.05) is 11.3 Å². The summed E-state index contributed by atoms with van der Waals surface area (Å²) in [5.74, 6) is -1.42. The van der Waals surface area contributed by atoms with E-state index in [0.29, 0.717) is 11.4 Å². The Morgan fingerprint density at radius 1 is 1.06 bits per heavy atom. The maximum Gasteiger partial charge on any atom is 0.292 e. The van der Waals surface area contributed by atoms with E-state index in [2.05, 4.69) is 21.2 Å². The summed E-state index contributed by atoms with van der Waals surface area (Å²) in [4.78, 5) is 35.0. The van der Waals surface area contributed by atoms with Gasteiger partial charge in [0.15, 0.2) is 15.5 Å². The SMILES string of the molecule is Cc1c(C(=O)NNC(=O)c2ccc(S(C)(=O)=O)cc2)nnn1-c1cccc([N+](=O)[O-])c1. The minimum atomic E-state index is -3.40. The van der Waals surface area contributed by atoms with E-state index < -0.39 is 26.6 Å². The summed E-state index contributed by atoms with van der Waals surface area (Å²) < 4.78 is 24.2. The lowest BCUT2D eigenvalue weighted by Crippen LogP contribution is -2.42. The Bertz CT molecular complexity index is 1280. The Labute approximate surface area is 175 Å². The molecule has 2 amide bonds. The minimum Gasteiger partial charge on any atom is -0.267 e. The van der Waals surface area contributed by atoms with Crippen molar-refractivity contribution in [2.45, 2.75) is 11.8 Å². The molecule has 1 heterocycles. The largest absolute Gasteiger partial charge is 0.292 e. The van der Waals surface area contributed by atoms with Gasteiger partial charge in [-0.05, 0) is 37.3 Å². The van der Waals surface area contributed by atoms with Crippen LogP contribution in [0.3, 0.4) is 0 Å². The molecule has 3 aromatic rings. The van der Waals surface area contributed by atoms with E-state index in [9.17, 15) is 28.1 Å². The zero-order valence-corrected chi connectivity index (χ0v) is 17.1. The Morgan fingerprint density at radius 2 is 1.71 bits per heavy atom. The summed E-state index contributed by atoms with van der Waals surface area (Å²) >= 11 is 0. The van der Waals surface area contributed by atoms with Crippen LogP contribution in [0.25, 0.3) is 5.69 Å². The number of sulfone groups is 1. The van der Waals surface area contributed by atoms with Crippen molar-refractivity contribution < 1.29 is 22.9 Å². The quantitative estimate of drug-likeness (QED) is 0.433. The first-order chi connectivity index (χ1) is 14.6. The van der Waals surface area contributed by atoms with Crippen molar-refractivity contribution in [2.24, 2.45) is 0 Å². The van der Waals surface area contributed by atoms with Crippen LogP contribution in [-0.2, 0) is 9.84 Å². The van der Waals surface area contributed by atoms with Gasteiger partial charge in [-0.2, -0.15) is 0 Å². The molecule has 1 aromatic heterocycles. The maximum absolute atomic E-state index is 12.4. The van der Waals surface area contributed by atoms with E-state index in [0.717, 1.165) is 6.26 Å². The van der Waals surface area contributed by atoms with Crippen LogP contribution in [0, 0.1) is 17.0 Å². The Hall–Kier alpha value is -4.13. The normalized spacial score (nSPS) is 11.0. The predicted octanol–water partition coefficient (Wildman–Crippen LogP) is 0.962. The van der Waals surface area contributed by atoms with Crippen molar-refractivity contribution in [3.8, 4) is 5.69 Å². The smallest absolute Gasteiger partial charge is 0.267 e. The maximum atomic E-state index is 12.4. The molecule has 0 aliphatic heterocycles. The van der Waals surface area contributed by atoms with Crippen LogP contribution in [-0.4, -0.2) is 46.4 Å². The third-order valence-electron chi connectivity index (χ3n) is 4.23. The lowest BCUT2D eigenvalue weighted by molar-refractivity contribution is -0.384. The lowest BCUT2D eigenvalue weighted by Gasteiger charge is -2.07. The molecular weight excluding hydrogens is 428 g/mol. The molecule has 0 radical (unpaired) electrons. The van der Waals surface area contributed by atoms with E-state index in [4.69, 9.17) is 0 Å². The fraction of sp³-hybridized carbons (Fsp3) is 0.111. The van der Waals surface area contributed by atoms with Gasteiger partial charge in [-0.25, -0.2) is 13.1 Å². The number of carbonyl (C=O) groups excluding carboxylic acids is 2. The van der Waals surface area contributed by atoms with Crippen LogP contribution < -0.4 is 10.9 Å². The molecule has 12 nitrogen and oxygen atoms in total. The number of nitrogens with zero attached hydrogens (tertiary/aromatic N) is 4. The van der Waals surface area contributed by atoms with Crippen LogP contribution in [0.15, 0.2) is 53.4 Å². The minimum absolute atomic E-state index is 0.0569. The Balaban J connectivity index is 1.71. The van der Waals surface area contributed by atoms with Crippen LogP contribution in [0.1, 0.15) is 26.5 Å². The Morgan fingerprint density at radius 3 is 2.32 bits per heavy atom. The van der Waals surface area contributed by atoms with Gasteiger partial charge in [0.25, 0.3) is 17.5 Å². The fourth-order valence-electron chi connectivity index (χ4n) is 2.62. The molecule has 0 saturated heterocycles. The van der Waals surface area contributed by atoms with E-state index in [1.807, 2.05) is 0 Å². The lowest BCUT2D eigenvalue weighted by atomic mass is 10.2. The van der Waals surface area contributed by atoms with Gasteiger partial charge in [0.05, 0.1) is 21.2 Å². The van der Waals surface area contributed by atoms with Crippen LogP contribution in [0.2, 0.25) is 0 Å². The first-order valence-electron chi connectivity index (χ1n) is 8.66. The fourth-order valence-corrected chi connectivity index (χ4v) is 3.25. The molecule has 3 rings (SSSR count). The van der Waals surface area contributed by atoms with Crippen LogP contribution >= 0.6 is 0 Å². The second kappa shape index (κ2) is 8.31. The van der Waals surface area contributed by atoms with E-state index >= 15 is 0 Å². The van der Waals surface area contributed by atoms with Crippen molar-refractivity contribution in [3.63, 3.8) is 0 Å². The molecule has 2 aromatic carbocycles. The van der Waals surface area contributed by atoms with E-state index in [1.165, 1.54) is 47.1 Å². The second-order valence-corrected chi connectivity index (χ2v) is 8.43. The van der Waals surface area contributed by atoms with Crippen LogP contribution in [0.4, 0.5) is 5.69 Å². The number of carbonyl (C=O) groups is 2. The highest BCUT2D eigenvalue weighted by Gasteiger charge is 2.19. The van der Waals surface area contributed by atoms with Crippen molar-refractivity contribution in [2.75, 3.05) is 6.26 Å². The van der Waals surface area contributed by atoms with Gasteiger partial charge in [-0.3, -0.25) is 30.6 Å². The average Bonchev–Trinajstić information content (AvgIpc) is 3.12. The number of amides is 2. The number of nitro groups is 1. The van der Waals surface area contributed by atoms with Gasteiger partial charge in [-0.15, -0.1) is 5.10 Å². The van der Waals surface area contributed by atoms with Crippen molar-refractivity contribution >= 4 is 27.3 Å². The highest BCUT2D eigenvalue weighted by molar-refractivity contribution is 7.90. The number of hydrazine groups is 1. The highest BCUT2D eigenvalue weighted by Crippen LogP contribution is 2.18. The number of aromatic nitrogens is 3. The van der Waals surface area contributed by atoms with E-state index in [1.54, 1.807) is 13.0 Å². The number of rotatable bonds is 5. The van der Waals surface area contributed by atoms with Gasteiger partial charge in [0.2, 0.25) is 0 Å². The summed E-state index contributed by atoms with van der Waals surface area (Å²) in [5.41, 5.74) is 4.92. The van der Waals surface area contributed by atoms with Gasteiger partial charge >= 0.3 is 0 Å². The molecule has 0 unspecified atom stereocenters. The third kappa shape index (κ3) is 4.72. The number of nitrogens with one attached hydrogen (secondary N) is 2. The molecule has 0 saturated carbocycles. The summed E-state index contributed by atoms with van der Waals surface area (Å²) in [6.45, 7) is 1.54. The molecule has 0 atom stereocenters. The first-order valence-corrected chi connectivity index (χ1v) is 10.5. The molecule has 0 fully saturated rings. The number of hydrogen-bond acceptors (Lipinski definition) is 8. The number of hydrogen-bond donors (Lipinski definition) is 2. The van der Waals surface area contributed by atoms with Gasteiger partial charge < -0.3 is 0 Å². The van der Waals surface area contributed by atoms with Crippen molar-refractivity contribution in [3.05, 3.63) is 75.6 Å². The third-order valence-corrected chi connectivity index (χ3v) is 5.36. The standard InChI is InChI=1S/C18H16N6O6S/c1-11-16(19-22-23(11)13-4-3-5-14(10-13)24(27)28)18(26)21-20-17(25)12-6-8-15(9-7-12)31(2,29)30/h3-10H,1-2H3,(H,20,25)(H,21,26). The molecule has 13 heteroatoms. The van der Waals surface area contributed by atoms with Gasteiger partial charge in [0.1, 0.15) is 0 Å². The van der Waals surface area contributed by atoms with Crippen LogP contribution in [0.5, 0.6) is 0 Å². The predicted molar refractivity (Wildman–Crippen MR) is 107 cm³/mol. The number of non-ortho nitro benzene ring substituents is 1. The Kier molecular flexibility index (Phi) is 5.79. The first kappa shape index (κ1) is 21.6. The molecular formula is C18H16N6O6S. The van der Waals surface area contributed by atoms with Gasteiger partial charge in [0, 0.05) is 24.0 Å². The monoisotopic (exact) mass is 444 g/mol. The molecule has 2 N–H and O–H groups in total. The van der Waals surface area contributed by atoms with Crippen molar-refractivity contribution in [1.82, 2.24) is 25.8 Å². The average molecular weight is 444 g/mol. The number of benzene rings is 2. The molecule has 160 valence electrons. The molecule has 31 heavy (non-hydrogen) atoms.